The Bertz CT molecular complexity index is 323. The lowest BCUT2D eigenvalue weighted by atomic mass is 9.88. The average Bonchev–Trinajstić information content (AvgIpc) is 2.49. The van der Waals surface area contributed by atoms with Gasteiger partial charge >= 0.3 is 0 Å². The smallest absolute Gasteiger partial charge is 0.115 e. The highest BCUT2D eigenvalue weighted by molar-refractivity contribution is 5.32. The quantitative estimate of drug-likeness (QED) is 0.622. The summed E-state index contributed by atoms with van der Waals surface area (Å²) in [5.41, 5.74) is 0.647. The van der Waals surface area contributed by atoms with Gasteiger partial charge in [-0.2, -0.15) is 0 Å². The van der Waals surface area contributed by atoms with Gasteiger partial charge in [-0.1, -0.05) is 12.1 Å². The van der Waals surface area contributed by atoms with Crippen molar-refractivity contribution in [3.8, 4) is 5.75 Å². The minimum absolute atomic E-state index is 0.254. The molecular weight excluding hydrogens is 178 g/mol. The fourth-order valence-corrected chi connectivity index (χ4v) is 1.98. The lowest BCUT2D eigenvalue weighted by Gasteiger charge is -2.29. The number of phenolic OH excluding ortho intramolecular Hbond substituents is 1. The zero-order valence-electron chi connectivity index (χ0n) is 8.20. The first-order chi connectivity index (χ1) is 6.63. The largest absolute Gasteiger partial charge is 0.508 e. The molecule has 1 heterocycles. The maximum Gasteiger partial charge on any atom is 0.115 e. The summed E-state index contributed by atoms with van der Waals surface area (Å²) in [6.45, 7) is 2.82. The van der Waals surface area contributed by atoms with Crippen molar-refractivity contribution in [3.63, 3.8) is 0 Å². The molecule has 1 aliphatic heterocycles. The van der Waals surface area contributed by atoms with Gasteiger partial charge in [-0.05, 0) is 37.6 Å². The number of rotatable bonds is 1. The Morgan fingerprint density at radius 3 is 2.50 bits per heavy atom. The molecule has 3 heteroatoms. The molecule has 0 amide bonds. The highest BCUT2D eigenvalue weighted by Crippen LogP contribution is 2.31. The van der Waals surface area contributed by atoms with Crippen LogP contribution >= 0.6 is 0 Å². The molecule has 1 saturated heterocycles. The third-order valence-electron chi connectivity index (χ3n) is 3.04. The zero-order chi connectivity index (χ0) is 10.2. The van der Waals surface area contributed by atoms with E-state index in [1.165, 1.54) is 0 Å². The molecule has 0 saturated carbocycles. The lowest BCUT2D eigenvalue weighted by Crippen LogP contribution is -2.41. The molecule has 0 radical (unpaired) electrons. The molecule has 3 nitrogen and oxygen atoms in total. The maximum atomic E-state index is 9.85. The molecule has 0 aliphatic carbocycles. The van der Waals surface area contributed by atoms with Crippen LogP contribution in [0.5, 0.6) is 5.75 Å². The van der Waals surface area contributed by atoms with E-state index in [0.29, 0.717) is 0 Å². The molecule has 3 N–H and O–H groups in total. The predicted molar refractivity (Wildman–Crippen MR) is 54.1 cm³/mol. The summed E-state index contributed by atoms with van der Waals surface area (Å²) in [5.74, 6) is 0.254. The molecule has 1 aromatic rings. The Labute approximate surface area is 83.4 Å². The summed E-state index contributed by atoms with van der Waals surface area (Å²) in [7, 11) is 0. The van der Waals surface area contributed by atoms with Crippen LogP contribution in [0.15, 0.2) is 24.3 Å². The van der Waals surface area contributed by atoms with Gasteiger partial charge in [-0.3, -0.25) is 0 Å². The van der Waals surface area contributed by atoms with Crippen LogP contribution in [0.1, 0.15) is 18.9 Å². The highest BCUT2D eigenvalue weighted by Gasteiger charge is 2.38. The van der Waals surface area contributed by atoms with Crippen LogP contribution in [-0.4, -0.2) is 22.9 Å². The normalized spacial score (nSPS) is 32.0. The van der Waals surface area contributed by atoms with Crippen molar-refractivity contribution < 1.29 is 10.2 Å². The van der Waals surface area contributed by atoms with E-state index in [4.69, 9.17) is 5.11 Å². The van der Waals surface area contributed by atoms with Crippen molar-refractivity contribution >= 4 is 0 Å². The number of hydrogen-bond acceptors (Lipinski definition) is 3. The van der Waals surface area contributed by atoms with Crippen LogP contribution in [0.2, 0.25) is 0 Å². The summed E-state index contributed by atoms with van der Waals surface area (Å²) in [5, 5.41) is 22.3. The number of hydrogen-bond donors (Lipinski definition) is 3. The third kappa shape index (κ3) is 1.38. The van der Waals surface area contributed by atoms with Crippen molar-refractivity contribution in [2.45, 2.75) is 25.0 Å². The van der Waals surface area contributed by atoms with E-state index in [9.17, 15) is 5.11 Å². The first kappa shape index (κ1) is 9.49. The summed E-state index contributed by atoms with van der Waals surface area (Å²) in [6.07, 6.45) is 0.421. The second kappa shape index (κ2) is 3.26. The summed E-state index contributed by atoms with van der Waals surface area (Å²) in [4.78, 5) is 0. The Balaban J connectivity index is 2.34. The number of nitrogens with one attached hydrogen (secondary N) is 1. The van der Waals surface area contributed by atoms with Crippen molar-refractivity contribution in [2.75, 3.05) is 6.54 Å². The maximum absolute atomic E-state index is 9.85. The molecule has 2 atom stereocenters. The van der Waals surface area contributed by atoms with Gasteiger partial charge in [0.15, 0.2) is 0 Å². The van der Waals surface area contributed by atoms with Gasteiger partial charge in [-0.25, -0.2) is 0 Å². The molecule has 0 aromatic heterocycles. The topological polar surface area (TPSA) is 52.5 Å². The van der Waals surface area contributed by atoms with Crippen LogP contribution in [0.25, 0.3) is 0 Å². The Morgan fingerprint density at radius 2 is 2.00 bits per heavy atom. The van der Waals surface area contributed by atoms with Crippen LogP contribution in [0.4, 0.5) is 0 Å². The second-order valence-electron chi connectivity index (χ2n) is 3.98. The van der Waals surface area contributed by atoms with Crippen LogP contribution in [0.3, 0.4) is 0 Å². The van der Waals surface area contributed by atoms with Crippen LogP contribution in [0, 0.1) is 0 Å². The molecule has 14 heavy (non-hydrogen) atoms. The minimum Gasteiger partial charge on any atom is -0.508 e. The molecule has 0 spiro atoms. The Morgan fingerprint density at radius 1 is 1.36 bits per heavy atom. The molecule has 2 unspecified atom stereocenters. The fourth-order valence-electron chi connectivity index (χ4n) is 1.98. The van der Waals surface area contributed by atoms with Gasteiger partial charge in [0.05, 0.1) is 11.6 Å². The zero-order valence-corrected chi connectivity index (χ0v) is 8.20. The van der Waals surface area contributed by atoms with Crippen molar-refractivity contribution in [3.05, 3.63) is 29.8 Å². The van der Waals surface area contributed by atoms with E-state index in [2.05, 4.69) is 5.32 Å². The van der Waals surface area contributed by atoms with Gasteiger partial charge in [0.25, 0.3) is 0 Å². The molecule has 0 bridgehead atoms. The molecule has 2 rings (SSSR count). The van der Waals surface area contributed by atoms with E-state index in [-0.39, 0.29) is 17.4 Å². The number of benzene rings is 1. The lowest BCUT2D eigenvalue weighted by molar-refractivity contribution is 0.107. The standard InChI is InChI=1S/C11H15NO2/c1-11(10(14)6-7-12-11)8-2-4-9(13)5-3-8/h2-5,10,12-14H,6-7H2,1H3. The molecule has 1 fully saturated rings. The van der Waals surface area contributed by atoms with E-state index < -0.39 is 0 Å². The predicted octanol–water partition coefficient (Wildman–Crippen LogP) is 0.962. The minimum atomic E-state index is -0.367. The van der Waals surface area contributed by atoms with Crippen molar-refractivity contribution in [1.82, 2.24) is 5.32 Å². The highest BCUT2D eigenvalue weighted by atomic mass is 16.3. The van der Waals surface area contributed by atoms with Crippen LogP contribution < -0.4 is 5.32 Å². The molecule has 1 aromatic carbocycles. The second-order valence-corrected chi connectivity index (χ2v) is 3.98. The van der Waals surface area contributed by atoms with E-state index in [1.807, 2.05) is 19.1 Å². The number of phenols is 1. The van der Waals surface area contributed by atoms with Gasteiger partial charge in [0, 0.05) is 0 Å². The van der Waals surface area contributed by atoms with Gasteiger partial charge < -0.3 is 15.5 Å². The first-order valence-corrected chi connectivity index (χ1v) is 4.85. The van der Waals surface area contributed by atoms with Gasteiger partial charge in [0.2, 0.25) is 0 Å². The molecule has 1 aliphatic rings. The monoisotopic (exact) mass is 193 g/mol. The number of aromatic hydroxyl groups is 1. The van der Waals surface area contributed by atoms with Crippen LogP contribution in [-0.2, 0) is 5.54 Å². The molecular formula is C11H15NO2. The van der Waals surface area contributed by atoms with Gasteiger partial charge in [0.1, 0.15) is 5.75 Å². The Kier molecular flexibility index (Phi) is 2.21. The average molecular weight is 193 g/mol. The Hall–Kier alpha value is -1.06. The fraction of sp³-hybridized carbons (Fsp3) is 0.455. The summed E-state index contributed by atoms with van der Waals surface area (Å²) < 4.78 is 0. The first-order valence-electron chi connectivity index (χ1n) is 4.85. The number of aliphatic hydroxyl groups is 1. The van der Waals surface area contributed by atoms with Gasteiger partial charge in [-0.15, -0.1) is 0 Å². The summed E-state index contributed by atoms with van der Waals surface area (Å²) >= 11 is 0. The number of aliphatic hydroxyl groups excluding tert-OH is 1. The van der Waals surface area contributed by atoms with Crippen molar-refractivity contribution in [2.24, 2.45) is 0 Å². The SMILES string of the molecule is CC1(c2ccc(O)cc2)NCCC1O. The molecule has 76 valence electrons. The van der Waals surface area contributed by atoms with E-state index in [1.54, 1.807) is 12.1 Å². The third-order valence-corrected chi connectivity index (χ3v) is 3.04. The van der Waals surface area contributed by atoms with E-state index >= 15 is 0 Å². The summed E-state index contributed by atoms with van der Waals surface area (Å²) in [6, 6.07) is 6.98. The van der Waals surface area contributed by atoms with E-state index in [0.717, 1.165) is 18.5 Å². The van der Waals surface area contributed by atoms with Crippen molar-refractivity contribution in [1.29, 1.82) is 0 Å².